The summed E-state index contributed by atoms with van der Waals surface area (Å²) < 4.78 is 1.80. The molecule has 2 aromatic rings. The summed E-state index contributed by atoms with van der Waals surface area (Å²) in [6.07, 6.45) is 1.74. The van der Waals surface area contributed by atoms with Crippen molar-refractivity contribution in [1.29, 1.82) is 0 Å². The van der Waals surface area contributed by atoms with Gasteiger partial charge < -0.3 is 15.6 Å². The fourth-order valence-corrected chi connectivity index (χ4v) is 1.94. The van der Waals surface area contributed by atoms with E-state index in [9.17, 15) is 4.79 Å². The predicted octanol–water partition coefficient (Wildman–Crippen LogP) is 3.00. The van der Waals surface area contributed by atoms with E-state index in [1.165, 1.54) is 0 Å². The minimum Gasteiger partial charge on any atom is -0.397 e. The highest BCUT2D eigenvalue weighted by Gasteiger charge is 2.12. The molecule has 18 heavy (non-hydrogen) atoms. The van der Waals surface area contributed by atoms with Gasteiger partial charge in [-0.05, 0) is 31.2 Å². The Morgan fingerprint density at radius 3 is 2.89 bits per heavy atom. The Labute approximate surface area is 110 Å². The van der Waals surface area contributed by atoms with Crippen LogP contribution in [0.2, 0.25) is 5.02 Å². The summed E-state index contributed by atoms with van der Waals surface area (Å²) in [4.78, 5) is 12.1. The third-order valence-corrected chi connectivity index (χ3v) is 2.81. The van der Waals surface area contributed by atoms with Crippen LogP contribution in [0.15, 0.2) is 36.5 Å². The number of benzene rings is 1. The first-order chi connectivity index (χ1) is 8.60. The Balaban J connectivity index is 2.21. The summed E-state index contributed by atoms with van der Waals surface area (Å²) in [6.45, 7) is 2.64. The van der Waals surface area contributed by atoms with Crippen LogP contribution >= 0.6 is 11.6 Å². The van der Waals surface area contributed by atoms with Crippen LogP contribution in [-0.4, -0.2) is 10.5 Å². The number of hydrogen-bond acceptors (Lipinski definition) is 2. The minimum atomic E-state index is -0.198. The second kappa shape index (κ2) is 5.14. The highest BCUT2D eigenvalue weighted by Crippen LogP contribution is 2.17. The Hall–Kier alpha value is -1.94. The van der Waals surface area contributed by atoms with Crippen LogP contribution in [0, 0.1) is 0 Å². The van der Waals surface area contributed by atoms with E-state index in [4.69, 9.17) is 17.3 Å². The summed E-state index contributed by atoms with van der Waals surface area (Å²) in [6, 6.07) is 8.67. The molecule has 1 aromatic heterocycles. The average Bonchev–Trinajstić information content (AvgIpc) is 2.70. The molecule has 1 aromatic carbocycles. The number of nitrogens with one attached hydrogen (secondary N) is 1. The van der Waals surface area contributed by atoms with Gasteiger partial charge >= 0.3 is 0 Å². The number of rotatable bonds is 3. The monoisotopic (exact) mass is 263 g/mol. The fraction of sp³-hybridized carbons (Fsp3) is 0.154. The van der Waals surface area contributed by atoms with Crippen molar-refractivity contribution in [2.45, 2.75) is 13.5 Å². The number of hydrogen-bond donors (Lipinski definition) is 2. The normalized spacial score (nSPS) is 10.3. The molecule has 0 radical (unpaired) electrons. The zero-order valence-corrected chi connectivity index (χ0v) is 10.7. The lowest BCUT2D eigenvalue weighted by Gasteiger charge is -2.07. The predicted molar refractivity (Wildman–Crippen MR) is 73.9 cm³/mol. The van der Waals surface area contributed by atoms with Crippen molar-refractivity contribution < 1.29 is 4.79 Å². The van der Waals surface area contributed by atoms with E-state index in [0.717, 1.165) is 0 Å². The van der Waals surface area contributed by atoms with Gasteiger partial charge in [-0.15, -0.1) is 0 Å². The molecule has 0 fully saturated rings. The number of carbonyl (C=O) groups excluding carboxylic acids is 1. The van der Waals surface area contributed by atoms with E-state index in [1.54, 1.807) is 41.1 Å². The summed E-state index contributed by atoms with van der Waals surface area (Å²) in [7, 11) is 0. The molecule has 3 N–H and O–H groups in total. The first-order valence-electron chi connectivity index (χ1n) is 5.62. The number of nitrogens with zero attached hydrogens (tertiary/aromatic N) is 1. The highest BCUT2D eigenvalue weighted by molar-refractivity contribution is 6.30. The molecule has 4 nitrogen and oxygen atoms in total. The largest absolute Gasteiger partial charge is 0.397 e. The van der Waals surface area contributed by atoms with Crippen molar-refractivity contribution in [1.82, 2.24) is 4.57 Å². The number of halogens is 1. The number of anilines is 2. The molecule has 0 spiro atoms. The second-order valence-corrected chi connectivity index (χ2v) is 4.35. The maximum absolute atomic E-state index is 12.1. The third kappa shape index (κ3) is 2.65. The summed E-state index contributed by atoms with van der Waals surface area (Å²) >= 11 is 5.86. The van der Waals surface area contributed by atoms with Gasteiger partial charge in [0, 0.05) is 23.5 Å². The molecule has 0 bridgehead atoms. The molecule has 0 saturated heterocycles. The van der Waals surface area contributed by atoms with Crippen LogP contribution in [0.4, 0.5) is 11.4 Å². The molecule has 0 unspecified atom stereocenters. The van der Waals surface area contributed by atoms with Gasteiger partial charge in [0.05, 0.1) is 5.69 Å². The van der Waals surface area contributed by atoms with Crippen LogP contribution in [-0.2, 0) is 6.54 Å². The maximum Gasteiger partial charge on any atom is 0.272 e. The van der Waals surface area contributed by atoms with Crippen LogP contribution in [0.25, 0.3) is 0 Å². The Bertz CT molecular complexity index is 577. The van der Waals surface area contributed by atoms with Gasteiger partial charge in [0.1, 0.15) is 5.69 Å². The molecule has 0 atom stereocenters. The molecular formula is C13H14ClN3O. The molecule has 1 heterocycles. The van der Waals surface area contributed by atoms with Crippen molar-refractivity contribution in [3.05, 3.63) is 47.2 Å². The van der Waals surface area contributed by atoms with Crippen LogP contribution in [0.1, 0.15) is 17.4 Å². The smallest absolute Gasteiger partial charge is 0.272 e. The summed E-state index contributed by atoms with van der Waals surface area (Å²) in [5.41, 5.74) is 7.46. The SMILES string of the molecule is CCn1cc(N)cc1C(=O)Nc1cccc(Cl)c1. The second-order valence-electron chi connectivity index (χ2n) is 3.91. The lowest BCUT2D eigenvalue weighted by Crippen LogP contribution is -2.16. The maximum atomic E-state index is 12.1. The Kier molecular flexibility index (Phi) is 3.58. The molecule has 0 aliphatic heterocycles. The first kappa shape index (κ1) is 12.5. The standard InChI is InChI=1S/C13H14ClN3O/c1-2-17-8-10(15)7-12(17)13(18)16-11-5-3-4-9(14)6-11/h3-8H,2,15H2,1H3,(H,16,18). The summed E-state index contributed by atoms with van der Waals surface area (Å²) in [5.74, 6) is -0.198. The molecular weight excluding hydrogens is 250 g/mol. The molecule has 0 saturated carbocycles. The zero-order chi connectivity index (χ0) is 13.1. The van der Waals surface area contributed by atoms with Gasteiger partial charge in [-0.2, -0.15) is 0 Å². The molecule has 2 rings (SSSR count). The van der Waals surface area contributed by atoms with Crippen molar-refractivity contribution in [3.8, 4) is 0 Å². The molecule has 5 heteroatoms. The van der Waals surface area contributed by atoms with Crippen LogP contribution in [0.5, 0.6) is 0 Å². The minimum absolute atomic E-state index is 0.198. The fourth-order valence-electron chi connectivity index (χ4n) is 1.75. The van der Waals surface area contributed by atoms with E-state index >= 15 is 0 Å². The van der Waals surface area contributed by atoms with Gasteiger partial charge in [-0.3, -0.25) is 4.79 Å². The van der Waals surface area contributed by atoms with Crippen LogP contribution in [0.3, 0.4) is 0 Å². The molecule has 0 aliphatic rings. The average molecular weight is 264 g/mol. The van der Waals surface area contributed by atoms with Gasteiger partial charge in [0.25, 0.3) is 5.91 Å². The molecule has 0 aliphatic carbocycles. The number of carbonyl (C=O) groups is 1. The number of aromatic nitrogens is 1. The van der Waals surface area contributed by atoms with Gasteiger partial charge in [-0.25, -0.2) is 0 Å². The van der Waals surface area contributed by atoms with Crippen LogP contribution < -0.4 is 11.1 Å². The lowest BCUT2D eigenvalue weighted by atomic mass is 10.3. The number of nitrogens with two attached hydrogens (primary N) is 1. The number of nitrogen functional groups attached to an aromatic ring is 1. The first-order valence-corrected chi connectivity index (χ1v) is 6.00. The van der Waals surface area contributed by atoms with Gasteiger partial charge in [0.2, 0.25) is 0 Å². The highest BCUT2D eigenvalue weighted by atomic mass is 35.5. The number of amides is 1. The molecule has 1 amide bonds. The quantitative estimate of drug-likeness (QED) is 0.894. The third-order valence-electron chi connectivity index (χ3n) is 2.57. The topological polar surface area (TPSA) is 60.0 Å². The van der Waals surface area contributed by atoms with Crippen molar-refractivity contribution in [2.75, 3.05) is 11.1 Å². The lowest BCUT2D eigenvalue weighted by molar-refractivity contribution is 0.101. The van der Waals surface area contributed by atoms with E-state index < -0.39 is 0 Å². The van der Waals surface area contributed by atoms with Gasteiger partial charge in [-0.1, -0.05) is 17.7 Å². The van der Waals surface area contributed by atoms with Gasteiger partial charge in [0.15, 0.2) is 0 Å². The van der Waals surface area contributed by atoms with E-state index in [2.05, 4.69) is 5.32 Å². The number of aryl methyl sites for hydroxylation is 1. The van der Waals surface area contributed by atoms with Crippen molar-refractivity contribution >= 4 is 28.9 Å². The van der Waals surface area contributed by atoms with E-state index in [-0.39, 0.29) is 5.91 Å². The zero-order valence-electron chi connectivity index (χ0n) is 9.98. The van der Waals surface area contributed by atoms with Crippen molar-refractivity contribution in [3.63, 3.8) is 0 Å². The van der Waals surface area contributed by atoms with Crippen molar-refractivity contribution in [2.24, 2.45) is 0 Å². The Morgan fingerprint density at radius 1 is 1.44 bits per heavy atom. The summed E-state index contributed by atoms with van der Waals surface area (Å²) in [5, 5.41) is 3.37. The Morgan fingerprint density at radius 2 is 2.22 bits per heavy atom. The molecule has 94 valence electrons. The van der Waals surface area contributed by atoms with E-state index in [0.29, 0.717) is 28.6 Å². The van der Waals surface area contributed by atoms with E-state index in [1.807, 2.05) is 6.92 Å².